The molecular weight excluding hydrogens is 218 g/mol. The molecule has 0 aliphatic heterocycles. The number of hydrogen-bond donors (Lipinski definition) is 1. The predicted octanol–water partition coefficient (Wildman–Crippen LogP) is 3.13. The normalized spacial score (nSPS) is 10.4. The number of aromatic nitrogens is 3. The molecule has 0 unspecified atom stereocenters. The Bertz CT molecular complexity index is 587. The second-order valence-electron chi connectivity index (χ2n) is 3.84. The molecule has 0 spiro atoms. The highest BCUT2D eigenvalue weighted by molar-refractivity contribution is 7.71. The van der Waals surface area contributed by atoms with Crippen molar-refractivity contribution >= 4 is 12.2 Å². The molecule has 2 aromatic heterocycles. The first-order valence-corrected chi connectivity index (χ1v) is 5.49. The Kier molecular flexibility index (Phi) is 2.83. The van der Waals surface area contributed by atoms with Gasteiger partial charge in [-0.3, -0.25) is 10.1 Å². The third-order valence-corrected chi connectivity index (χ3v) is 3.20. The van der Waals surface area contributed by atoms with Crippen LogP contribution in [0.4, 0.5) is 0 Å². The van der Waals surface area contributed by atoms with Crippen molar-refractivity contribution in [1.82, 2.24) is 15.2 Å². The first-order chi connectivity index (χ1) is 7.61. The smallest absolute Gasteiger partial charge is 0.122 e. The van der Waals surface area contributed by atoms with Gasteiger partial charge in [-0.05, 0) is 43.5 Å². The van der Waals surface area contributed by atoms with Gasteiger partial charge in [0.1, 0.15) is 4.64 Å². The van der Waals surface area contributed by atoms with E-state index in [2.05, 4.69) is 15.2 Å². The van der Waals surface area contributed by atoms with Gasteiger partial charge in [0.15, 0.2) is 0 Å². The first kappa shape index (κ1) is 11.0. The van der Waals surface area contributed by atoms with E-state index in [1.165, 1.54) is 0 Å². The molecule has 0 saturated heterocycles. The Morgan fingerprint density at radius 3 is 2.62 bits per heavy atom. The number of nitrogens with zero attached hydrogens (tertiary/aromatic N) is 2. The van der Waals surface area contributed by atoms with E-state index in [0.29, 0.717) is 4.64 Å². The van der Waals surface area contributed by atoms with Crippen molar-refractivity contribution in [2.24, 2.45) is 0 Å². The van der Waals surface area contributed by atoms with Crippen LogP contribution < -0.4 is 0 Å². The highest BCUT2D eigenvalue weighted by Gasteiger charge is 2.09. The van der Waals surface area contributed by atoms with Gasteiger partial charge in [-0.25, -0.2) is 0 Å². The fourth-order valence-corrected chi connectivity index (χ4v) is 1.82. The van der Waals surface area contributed by atoms with Gasteiger partial charge in [-0.15, -0.1) is 0 Å². The summed E-state index contributed by atoms with van der Waals surface area (Å²) in [6.45, 7) is 6.08. The Hall–Kier alpha value is -1.55. The molecule has 0 radical (unpaired) electrons. The monoisotopic (exact) mass is 231 g/mol. The maximum absolute atomic E-state index is 5.15. The third kappa shape index (κ3) is 1.76. The van der Waals surface area contributed by atoms with Gasteiger partial charge in [0, 0.05) is 18.0 Å². The zero-order valence-electron chi connectivity index (χ0n) is 9.53. The number of nitrogens with one attached hydrogen (secondary N) is 1. The quantitative estimate of drug-likeness (QED) is 0.767. The van der Waals surface area contributed by atoms with E-state index < -0.39 is 0 Å². The standard InChI is InChI=1S/C12H13N3S/c1-7-6-13-5-4-10(7)11-8(2)9(3)12(16)15-14-11/h4-6H,1-3H3,(H,15,16). The van der Waals surface area contributed by atoms with E-state index in [4.69, 9.17) is 12.2 Å². The van der Waals surface area contributed by atoms with Gasteiger partial charge in [-0.1, -0.05) is 12.2 Å². The molecule has 82 valence electrons. The lowest BCUT2D eigenvalue weighted by molar-refractivity contribution is 0.984. The maximum Gasteiger partial charge on any atom is 0.122 e. The number of aromatic amines is 1. The Labute approximate surface area is 99.6 Å². The molecule has 2 heterocycles. The highest BCUT2D eigenvalue weighted by Crippen LogP contribution is 2.24. The third-order valence-electron chi connectivity index (χ3n) is 2.80. The lowest BCUT2D eigenvalue weighted by Gasteiger charge is -2.09. The van der Waals surface area contributed by atoms with Gasteiger partial charge in [0.25, 0.3) is 0 Å². The van der Waals surface area contributed by atoms with Crippen molar-refractivity contribution in [1.29, 1.82) is 0 Å². The topological polar surface area (TPSA) is 41.6 Å². The van der Waals surface area contributed by atoms with E-state index in [1.807, 2.05) is 33.0 Å². The minimum absolute atomic E-state index is 0.702. The Morgan fingerprint density at radius 2 is 1.94 bits per heavy atom. The van der Waals surface area contributed by atoms with Gasteiger partial charge in [0.05, 0.1) is 5.69 Å². The number of rotatable bonds is 1. The van der Waals surface area contributed by atoms with Crippen molar-refractivity contribution in [2.75, 3.05) is 0 Å². The lowest BCUT2D eigenvalue weighted by Crippen LogP contribution is -1.98. The summed E-state index contributed by atoms with van der Waals surface area (Å²) in [5.74, 6) is 0. The van der Waals surface area contributed by atoms with Crippen molar-refractivity contribution in [3.05, 3.63) is 39.8 Å². The van der Waals surface area contributed by atoms with Crippen LogP contribution in [0.3, 0.4) is 0 Å². The van der Waals surface area contributed by atoms with Crippen LogP contribution in [-0.2, 0) is 0 Å². The van der Waals surface area contributed by atoms with Crippen LogP contribution in [0.15, 0.2) is 18.5 Å². The van der Waals surface area contributed by atoms with E-state index in [0.717, 1.165) is 27.9 Å². The van der Waals surface area contributed by atoms with Gasteiger partial charge >= 0.3 is 0 Å². The first-order valence-electron chi connectivity index (χ1n) is 5.08. The Morgan fingerprint density at radius 1 is 1.19 bits per heavy atom. The summed E-state index contributed by atoms with van der Waals surface area (Å²) in [5, 5.41) is 7.19. The molecule has 0 amide bonds. The fourth-order valence-electron chi connectivity index (χ4n) is 1.62. The molecule has 3 nitrogen and oxygen atoms in total. The molecule has 0 saturated carbocycles. The van der Waals surface area contributed by atoms with Crippen LogP contribution in [0, 0.1) is 25.4 Å². The van der Waals surface area contributed by atoms with Crippen LogP contribution >= 0.6 is 12.2 Å². The number of hydrogen-bond acceptors (Lipinski definition) is 3. The summed E-state index contributed by atoms with van der Waals surface area (Å²) in [6.07, 6.45) is 3.62. The average molecular weight is 231 g/mol. The molecule has 4 heteroatoms. The second kappa shape index (κ2) is 4.14. The van der Waals surface area contributed by atoms with Gasteiger partial charge in [0.2, 0.25) is 0 Å². The molecule has 0 bridgehead atoms. The molecular formula is C12H13N3S. The summed E-state index contributed by atoms with van der Waals surface area (Å²) in [4.78, 5) is 4.08. The summed E-state index contributed by atoms with van der Waals surface area (Å²) in [6, 6.07) is 1.97. The maximum atomic E-state index is 5.15. The number of aryl methyl sites for hydroxylation is 1. The molecule has 16 heavy (non-hydrogen) atoms. The average Bonchev–Trinajstić information content (AvgIpc) is 2.28. The SMILES string of the molecule is Cc1cnccc1-c1n[nH]c(=S)c(C)c1C. The van der Waals surface area contributed by atoms with E-state index in [1.54, 1.807) is 6.20 Å². The largest absolute Gasteiger partial charge is 0.267 e. The van der Waals surface area contributed by atoms with Crippen LogP contribution in [-0.4, -0.2) is 15.2 Å². The molecule has 0 atom stereocenters. The van der Waals surface area contributed by atoms with Crippen molar-refractivity contribution in [3.8, 4) is 11.3 Å². The molecule has 0 fully saturated rings. The summed E-state index contributed by atoms with van der Waals surface area (Å²) in [7, 11) is 0. The second-order valence-corrected chi connectivity index (χ2v) is 4.25. The van der Waals surface area contributed by atoms with Crippen LogP contribution in [0.1, 0.15) is 16.7 Å². The molecule has 2 rings (SSSR count). The zero-order chi connectivity index (χ0) is 11.7. The number of pyridine rings is 1. The van der Waals surface area contributed by atoms with E-state index in [9.17, 15) is 0 Å². The van der Waals surface area contributed by atoms with Crippen LogP contribution in [0.2, 0.25) is 0 Å². The minimum Gasteiger partial charge on any atom is -0.267 e. The van der Waals surface area contributed by atoms with E-state index in [-0.39, 0.29) is 0 Å². The Balaban J connectivity index is 2.71. The molecule has 1 N–H and O–H groups in total. The molecule has 0 aliphatic rings. The minimum atomic E-state index is 0.702. The molecule has 0 aromatic carbocycles. The summed E-state index contributed by atoms with van der Waals surface area (Å²) < 4.78 is 0.702. The number of H-pyrrole nitrogens is 1. The molecule has 2 aromatic rings. The lowest BCUT2D eigenvalue weighted by atomic mass is 10.0. The van der Waals surface area contributed by atoms with Gasteiger partial charge < -0.3 is 0 Å². The van der Waals surface area contributed by atoms with Crippen molar-refractivity contribution in [3.63, 3.8) is 0 Å². The van der Waals surface area contributed by atoms with E-state index >= 15 is 0 Å². The van der Waals surface area contributed by atoms with Gasteiger partial charge in [-0.2, -0.15) is 5.10 Å². The summed E-state index contributed by atoms with van der Waals surface area (Å²) in [5.41, 5.74) is 5.37. The predicted molar refractivity (Wildman–Crippen MR) is 66.9 cm³/mol. The molecule has 0 aliphatic carbocycles. The van der Waals surface area contributed by atoms with Crippen molar-refractivity contribution < 1.29 is 0 Å². The van der Waals surface area contributed by atoms with Crippen LogP contribution in [0.5, 0.6) is 0 Å². The van der Waals surface area contributed by atoms with Crippen LogP contribution in [0.25, 0.3) is 11.3 Å². The zero-order valence-corrected chi connectivity index (χ0v) is 10.4. The van der Waals surface area contributed by atoms with Crippen molar-refractivity contribution in [2.45, 2.75) is 20.8 Å². The summed E-state index contributed by atoms with van der Waals surface area (Å²) >= 11 is 5.15. The fraction of sp³-hybridized carbons (Fsp3) is 0.250. The highest BCUT2D eigenvalue weighted by atomic mass is 32.1.